The topological polar surface area (TPSA) is 111 Å². The van der Waals surface area contributed by atoms with E-state index in [4.69, 9.17) is 4.74 Å². The van der Waals surface area contributed by atoms with Gasteiger partial charge in [-0.15, -0.1) is 11.3 Å². The number of hydrogen-bond donors (Lipinski definition) is 2. The summed E-state index contributed by atoms with van der Waals surface area (Å²) in [6.07, 6.45) is 0.318. The van der Waals surface area contributed by atoms with E-state index in [1.807, 2.05) is 26.0 Å². The van der Waals surface area contributed by atoms with Gasteiger partial charge in [0.05, 0.1) is 17.6 Å². The predicted octanol–water partition coefficient (Wildman–Crippen LogP) is 2.60. The molecule has 0 saturated heterocycles. The lowest BCUT2D eigenvalue weighted by Crippen LogP contribution is -2.32. The van der Waals surface area contributed by atoms with Crippen molar-refractivity contribution in [2.75, 3.05) is 19.0 Å². The van der Waals surface area contributed by atoms with Gasteiger partial charge in [0.2, 0.25) is 5.91 Å². The summed E-state index contributed by atoms with van der Waals surface area (Å²) in [6.45, 7) is 3.88. The maximum absolute atomic E-state index is 13.0. The average Bonchev–Trinajstić information content (AvgIpc) is 3.09. The summed E-state index contributed by atoms with van der Waals surface area (Å²) in [4.78, 5) is 41.9. The Hall–Kier alpha value is -3.04. The van der Waals surface area contributed by atoms with Crippen LogP contribution in [0.25, 0.3) is 10.2 Å². The number of carboxylic acids is 1. The largest absolute Gasteiger partial charge is 0.478 e. The number of aromatic nitrogens is 2. The first-order valence-corrected chi connectivity index (χ1v) is 9.80. The Morgan fingerprint density at radius 1 is 1.31 bits per heavy atom. The molecule has 152 valence electrons. The fourth-order valence-electron chi connectivity index (χ4n) is 3.06. The van der Waals surface area contributed by atoms with E-state index in [9.17, 15) is 19.5 Å². The molecule has 0 aliphatic rings. The van der Waals surface area contributed by atoms with Crippen LogP contribution in [0.2, 0.25) is 0 Å². The molecule has 0 aliphatic heterocycles. The summed E-state index contributed by atoms with van der Waals surface area (Å²) in [5.41, 5.74) is 1.99. The lowest BCUT2D eigenvalue weighted by molar-refractivity contribution is -0.116. The van der Waals surface area contributed by atoms with Crippen LogP contribution >= 0.6 is 11.3 Å². The van der Waals surface area contributed by atoms with Crippen LogP contribution in [0.4, 0.5) is 5.69 Å². The number of ether oxygens (including phenoxy) is 1. The minimum absolute atomic E-state index is 0.0167. The molecule has 8 nitrogen and oxygen atoms in total. The number of aromatic carboxylic acids is 1. The van der Waals surface area contributed by atoms with Crippen LogP contribution < -0.4 is 10.9 Å². The number of thiophene rings is 1. The van der Waals surface area contributed by atoms with Gasteiger partial charge in [-0.25, -0.2) is 9.78 Å². The lowest BCUT2D eigenvalue weighted by atomic mass is 10.1. The normalized spacial score (nSPS) is 11.0. The Morgan fingerprint density at radius 2 is 2.07 bits per heavy atom. The van der Waals surface area contributed by atoms with Crippen molar-refractivity contribution in [2.24, 2.45) is 0 Å². The number of methoxy groups -OCH3 is 1. The van der Waals surface area contributed by atoms with Crippen LogP contribution in [0, 0.1) is 13.8 Å². The number of rotatable bonds is 7. The van der Waals surface area contributed by atoms with Gasteiger partial charge in [0.15, 0.2) is 0 Å². The van der Waals surface area contributed by atoms with Crippen molar-refractivity contribution in [3.05, 3.63) is 56.4 Å². The van der Waals surface area contributed by atoms with Gasteiger partial charge in [0.25, 0.3) is 5.56 Å². The molecule has 0 saturated carbocycles. The van der Waals surface area contributed by atoms with Crippen molar-refractivity contribution in [3.8, 4) is 0 Å². The highest BCUT2D eigenvalue weighted by Crippen LogP contribution is 2.22. The number of carbonyl (C=O) groups excluding carboxylic acids is 1. The Balaban J connectivity index is 2.00. The first-order chi connectivity index (χ1) is 13.8. The number of fused-ring (bicyclic) bond motifs is 1. The maximum Gasteiger partial charge on any atom is 0.337 e. The number of hydrogen-bond acceptors (Lipinski definition) is 6. The van der Waals surface area contributed by atoms with E-state index in [0.717, 1.165) is 22.5 Å². The van der Waals surface area contributed by atoms with Crippen molar-refractivity contribution in [2.45, 2.75) is 26.8 Å². The molecular formula is C20H21N3O5S. The molecule has 3 aromatic rings. The molecule has 0 spiro atoms. The number of anilines is 1. The molecule has 1 aromatic carbocycles. The Labute approximate surface area is 170 Å². The molecule has 2 heterocycles. The van der Waals surface area contributed by atoms with E-state index >= 15 is 0 Å². The van der Waals surface area contributed by atoms with E-state index in [1.165, 1.54) is 17.1 Å². The van der Waals surface area contributed by atoms with E-state index < -0.39 is 17.4 Å². The Bertz CT molecular complexity index is 1150. The highest BCUT2D eigenvalue weighted by atomic mass is 32.1. The summed E-state index contributed by atoms with van der Waals surface area (Å²) < 4.78 is 6.30. The van der Waals surface area contributed by atoms with Crippen LogP contribution in [0.15, 0.2) is 28.4 Å². The lowest BCUT2D eigenvalue weighted by Gasteiger charge is -2.14. The second-order valence-electron chi connectivity index (χ2n) is 6.66. The highest BCUT2D eigenvalue weighted by Gasteiger charge is 2.21. The summed E-state index contributed by atoms with van der Waals surface area (Å²) in [5.74, 6) is -1.23. The second kappa shape index (κ2) is 8.54. The number of nitrogens with zero attached hydrogens (tertiary/aromatic N) is 2. The minimum atomic E-state index is -1.20. The van der Waals surface area contributed by atoms with Crippen LogP contribution in [0.1, 0.15) is 27.3 Å². The van der Waals surface area contributed by atoms with E-state index in [2.05, 4.69) is 10.3 Å². The molecule has 0 atom stereocenters. The molecule has 0 fully saturated rings. The number of benzene rings is 1. The van der Waals surface area contributed by atoms with Crippen LogP contribution in [-0.4, -0.2) is 40.3 Å². The van der Waals surface area contributed by atoms with Crippen LogP contribution in [0.3, 0.4) is 0 Å². The van der Waals surface area contributed by atoms with Gasteiger partial charge < -0.3 is 15.2 Å². The average molecular weight is 415 g/mol. The van der Waals surface area contributed by atoms with E-state index in [1.54, 1.807) is 6.07 Å². The van der Waals surface area contributed by atoms with Gasteiger partial charge in [-0.2, -0.15) is 0 Å². The molecule has 29 heavy (non-hydrogen) atoms. The minimum Gasteiger partial charge on any atom is -0.478 e. The van der Waals surface area contributed by atoms with Crippen LogP contribution in [-0.2, 0) is 22.5 Å². The number of carboxylic acid groups (broad SMARTS) is 1. The summed E-state index contributed by atoms with van der Waals surface area (Å²) in [5, 5.41) is 13.6. The molecule has 2 aromatic heterocycles. The molecule has 0 bridgehead atoms. The first-order valence-electron chi connectivity index (χ1n) is 8.92. The number of amides is 1. The number of aryl methyl sites for hydroxylation is 2. The van der Waals surface area contributed by atoms with Gasteiger partial charge in [-0.1, -0.05) is 17.7 Å². The maximum atomic E-state index is 13.0. The number of nitrogens with one attached hydrogen (secondary N) is 1. The van der Waals surface area contributed by atoms with Crippen molar-refractivity contribution in [1.29, 1.82) is 0 Å². The fourth-order valence-corrected chi connectivity index (χ4v) is 3.98. The van der Waals surface area contributed by atoms with Crippen molar-refractivity contribution < 1.29 is 19.4 Å². The third-order valence-electron chi connectivity index (χ3n) is 4.49. The zero-order chi connectivity index (χ0) is 21.1. The zero-order valence-corrected chi connectivity index (χ0v) is 17.1. The first kappa shape index (κ1) is 20.7. The third kappa shape index (κ3) is 4.36. The molecule has 0 radical (unpaired) electrons. The fraction of sp³-hybridized carbons (Fsp3) is 0.300. The monoisotopic (exact) mass is 415 g/mol. The summed E-state index contributed by atoms with van der Waals surface area (Å²) in [6, 6.07) is 5.64. The van der Waals surface area contributed by atoms with Gasteiger partial charge >= 0.3 is 5.97 Å². The quantitative estimate of drug-likeness (QED) is 0.614. The molecule has 0 unspecified atom stereocenters. The molecule has 3 rings (SSSR count). The highest BCUT2D eigenvalue weighted by molar-refractivity contribution is 7.17. The SMILES string of the molecule is COCCc1nc2scc(C(=O)O)c2c(=O)n1CC(=O)Nc1ccc(C)cc1C. The molecular weight excluding hydrogens is 394 g/mol. The standard InChI is InChI=1S/C20H21N3O5S/c1-11-4-5-14(12(2)8-11)21-16(24)9-23-15(6-7-28-3)22-18-17(19(23)25)13(10-29-18)20(26)27/h4-5,8,10H,6-7,9H2,1-3H3,(H,21,24)(H,26,27). The molecule has 2 N–H and O–H groups in total. The predicted molar refractivity (Wildman–Crippen MR) is 111 cm³/mol. The van der Waals surface area contributed by atoms with Crippen molar-refractivity contribution >= 4 is 39.1 Å². The van der Waals surface area contributed by atoms with Crippen LogP contribution in [0.5, 0.6) is 0 Å². The summed E-state index contributed by atoms with van der Waals surface area (Å²) >= 11 is 1.09. The van der Waals surface area contributed by atoms with Crippen molar-refractivity contribution in [1.82, 2.24) is 9.55 Å². The van der Waals surface area contributed by atoms with Crippen molar-refractivity contribution in [3.63, 3.8) is 0 Å². The van der Waals surface area contributed by atoms with Gasteiger partial charge in [-0.05, 0) is 25.5 Å². The van der Waals surface area contributed by atoms with Gasteiger partial charge in [0, 0.05) is 24.6 Å². The van der Waals surface area contributed by atoms with E-state index in [-0.39, 0.29) is 17.5 Å². The Morgan fingerprint density at radius 3 is 2.72 bits per heavy atom. The summed E-state index contributed by atoms with van der Waals surface area (Å²) in [7, 11) is 1.53. The molecule has 0 aliphatic carbocycles. The Kier molecular flexibility index (Phi) is 6.09. The smallest absolute Gasteiger partial charge is 0.337 e. The molecule has 1 amide bonds. The third-order valence-corrected chi connectivity index (χ3v) is 5.36. The second-order valence-corrected chi connectivity index (χ2v) is 7.52. The van der Waals surface area contributed by atoms with Gasteiger partial charge in [-0.3, -0.25) is 14.2 Å². The zero-order valence-electron chi connectivity index (χ0n) is 16.3. The van der Waals surface area contributed by atoms with E-state index in [0.29, 0.717) is 29.4 Å². The number of carbonyl (C=O) groups is 2. The van der Waals surface area contributed by atoms with Gasteiger partial charge in [0.1, 0.15) is 17.2 Å². The molecule has 9 heteroatoms.